The molecule has 1 fully saturated rings. The second-order valence-corrected chi connectivity index (χ2v) is 16.3. The van der Waals surface area contributed by atoms with Crippen molar-refractivity contribution in [2.75, 3.05) is 40.0 Å². The van der Waals surface area contributed by atoms with E-state index in [1.165, 1.54) is 83.5 Å². The summed E-state index contributed by atoms with van der Waals surface area (Å²) in [7, 11) is -1.48. The first-order valence-electron chi connectivity index (χ1n) is 15.6. The Morgan fingerprint density at radius 1 is 0.789 bits per heavy atom. The molecule has 0 aliphatic heterocycles. The highest BCUT2D eigenvalue weighted by Gasteiger charge is 2.36. The summed E-state index contributed by atoms with van der Waals surface area (Å²) in [6.45, 7) is 2.96. The number of phosphoric ester groups is 1. The first kappa shape index (κ1) is 36.0. The fourth-order valence-corrected chi connectivity index (χ4v) is 8.11. The standard InChI is InChI=1S/C29H60NO6PS/c1-5-6-7-8-9-10-11-12-13-14-15-16-17-18-19-20-26-38(33,34)29-23-21-22-28(27-29)36-37(31,32)35-25-24-30(2,3)4/h28-29H,5-27H2,1-4H3/p+1. The van der Waals surface area contributed by atoms with E-state index in [4.69, 9.17) is 9.05 Å². The molecule has 1 rings (SSSR count). The first-order chi connectivity index (χ1) is 18.0. The van der Waals surface area contributed by atoms with Gasteiger partial charge in [0.25, 0.3) is 0 Å². The Balaban J connectivity index is 2.11. The van der Waals surface area contributed by atoms with Crippen LogP contribution in [0.5, 0.6) is 0 Å². The van der Waals surface area contributed by atoms with Gasteiger partial charge in [-0.3, -0.25) is 9.05 Å². The summed E-state index contributed by atoms with van der Waals surface area (Å²) in [5.41, 5.74) is 0. The summed E-state index contributed by atoms with van der Waals surface area (Å²) >= 11 is 0. The molecule has 228 valence electrons. The van der Waals surface area contributed by atoms with Crippen molar-refractivity contribution in [2.45, 2.75) is 147 Å². The van der Waals surface area contributed by atoms with Gasteiger partial charge in [-0.05, 0) is 32.1 Å². The largest absolute Gasteiger partial charge is 0.472 e. The summed E-state index contributed by atoms with van der Waals surface area (Å²) in [5.74, 6) is 0.208. The second-order valence-electron chi connectivity index (χ2n) is 12.5. The highest BCUT2D eigenvalue weighted by molar-refractivity contribution is 7.92. The number of nitrogens with zero attached hydrogens (tertiary/aromatic N) is 1. The lowest BCUT2D eigenvalue weighted by atomic mass is 9.97. The number of unbranched alkanes of at least 4 members (excludes halogenated alkanes) is 15. The minimum absolute atomic E-state index is 0.116. The van der Waals surface area contributed by atoms with E-state index in [1.807, 2.05) is 21.1 Å². The Morgan fingerprint density at radius 3 is 1.74 bits per heavy atom. The van der Waals surface area contributed by atoms with Crippen LogP contribution in [0.2, 0.25) is 0 Å². The van der Waals surface area contributed by atoms with Crippen LogP contribution in [0.4, 0.5) is 0 Å². The van der Waals surface area contributed by atoms with Crippen LogP contribution in [-0.4, -0.2) is 69.2 Å². The molecule has 0 aromatic carbocycles. The van der Waals surface area contributed by atoms with Crippen molar-refractivity contribution in [2.24, 2.45) is 0 Å². The number of quaternary nitrogens is 1. The monoisotopic (exact) mass is 582 g/mol. The Kier molecular flexibility index (Phi) is 19.0. The lowest BCUT2D eigenvalue weighted by molar-refractivity contribution is -0.870. The fraction of sp³-hybridized carbons (Fsp3) is 1.00. The summed E-state index contributed by atoms with van der Waals surface area (Å²) in [6, 6.07) is 0. The zero-order chi connectivity index (χ0) is 28.3. The van der Waals surface area contributed by atoms with Crippen LogP contribution in [0.25, 0.3) is 0 Å². The third-order valence-electron chi connectivity index (χ3n) is 7.67. The topological polar surface area (TPSA) is 89.9 Å². The van der Waals surface area contributed by atoms with Crippen LogP contribution < -0.4 is 0 Å². The molecule has 0 heterocycles. The van der Waals surface area contributed by atoms with Gasteiger partial charge in [-0.25, -0.2) is 13.0 Å². The molecule has 0 amide bonds. The smallest absolute Gasteiger partial charge is 0.329 e. The van der Waals surface area contributed by atoms with Crippen LogP contribution >= 0.6 is 7.82 Å². The molecule has 0 aromatic heterocycles. The molecule has 0 saturated heterocycles. The Bertz CT molecular complexity index is 740. The molecule has 0 aromatic rings. The van der Waals surface area contributed by atoms with Crippen molar-refractivity contribution >= 4 is 17.7 Å². The van der Waals surface area contributed by atoms with Gasteiger partial charge in [0.1, 0.15) is 13.2 Å². The third kappa shape index (κ3) is 19.2. The third-order valence-corrected chi connectivity index (χ3v) is 11.0. The highest BCUT2D eigenvalue weighted by Crippen LogP contribution is 2.47. The SMILES string of the molecule is CCCCCCCCCCCCCCCCCCS(=O)(=O)C1CCCC(OP(=O)(O)OCC[N+](C)(C)C)C1. The van der Waals surface area contributed by atoms with Gasteiger partial charge in [-0.1, -0.05) is 103 Å². The zero-order valence-electron chi connectivity index (χ0n) is 25.2. The van der Waals surface area contributed by atoms with Crippen molar-refractivity contribution in [3.8, 4) is 0 Å². The van der Waals surface area contributed by atoms with Crippen molar-refractivity contribution in [1.29, 1.82) is 0 Å². The minimum Gasteiger partial charge on any atom is -0.329 e. The molecule has 1 aliphatic carbocycles. The van der Waals surface area contributed by atoms with Crippen LogP contribution in [-0.2, 0) is 23.4 Å². The van der Waals surface area contributed by atoms with E-state index >= 15 is 0 Å². The number of hydrogen-bond donors (Lipinski definition) is 1. The summed E-state index contributed by atoms with van der Waals surface area (Å²) < 4.78 is 49.2. The fourth-order valence-electron chi connectivity index (χ4n) is 5.19. The lowest BCUT2D eigenvalue weighted by Gasteiger charge is -2.30. The van der Waals surface area contributed by atoms with Crippen molar-refractivity contribution in [3.63, 3.8) is 0 Å². The predicted molar refractivity (Wildman–Crippen MR) is 159 cm³/mol. The van der Waals surface area contributed by atoms with E-state index in [1.54, 1.807) is 0 Å². The Morgan fingerprint density at radius 2 is 1.26 bits per heavy atom. The van der Waals surface area contributed by atoms with Gasteiger partial charge in [-0.15, -0.1) is 0 Å². The molecule has 9 heteroatoms. The van der Waals surface area contributed by atoms with E-state index in [0.717, 1.165) is 12.8 Å². The zero-order valence-corrected chi connectivity index (χ0v) is 26.9. The van der Waals surface area contributed by atoms with Gasteiger partial charge in [0, 0.05) is 0 Å². The van der Waals surface area contributed by atoms with Crippen molar-refractivity contribution in [1.82, 2.24) is 0 Å². The normalized spacial score (nSPS) is 20.4. The predicted octanol–water partition coefficient (Wildman–Crippen LogP) is 7.81. The first-order valence-corrected chi connectivity index (χ1v) is 18.8. The molecule has 1 saturated carbocycles. The van der Waals surface area contributed by atoms with Gasteiger partial charge in [0.2, 0.25) is 0 Å². The maximum Gasteiger partial charge on any atom is 0.472 e. The average molecular weight is 583 g/mol. The molecule has 3 atom stereocenters. The average Bonchev–Trinajstić information content (AvgIpc) is 2.82. The Hall–Kier alpha value is 0.0200. The summed E-state index contributed by atoms with van der Waals surface area (Å²) in [4.78, 5) is 10.1. The van der Waals surface area contributed by atoms with Gasteiger partial charge < -0.3 is 9.38 Å². The number of likely N-dealkylation sites (N-methyl/N-ethyl adjacent to an activating group) is 1. The summed E-state index contributed by atoms with van der Waals surface area (Å²) in [5, 5.41) is -0.483. The number of hydrogen-bond acceptors (Lipinski definition) is 5. The molecule has 0 radical (unpaired) electrons. The van der Waals surface area contributed by atoms with E-state index in [-0.39, 0.29) is 18.8 Å². The molecule has 0 spiro atoms. The van der Waals surface area contributed by atoms with E-state index in [0.29, 0.717) is 36.7 Å². The maximum absolute atomic E-state index is 12.9. The van der Waals surface area contributed by atoms with Crippen LogP contribution in [0.15, 0.2) is 0 Å². The number of phosphoric acid groups is 1. The number of sulfone groups is 1. The maximum atomic E-state index is 12.9. The van der Waals surface area contributed by atoms with Gasteiger partial charge in [-0.2, -0.15) is 0 Å². The van der Waals surface area contributed by atoms with E-state index < -0.39 is 29.0 Å². The quantitative estimate of drug-likeness (QED) is 0.0709. The second kappa shape index (κ2) is 20.0. The Labute approximate surface area is 235 Å². The molecule has 1 aliphatic rings. The molecule has 38 heavy (non-hydrogen) atoms. The molecular weight excluding hydrogens is 521 g/mol. The van der Waals surface area contributed by atoms with Crippen molar-refractivity contribution in [3.05, 3.63) is 0 Å². The molecule has 1 N–H and O–H groups in total. The lowest BCUT2D eigenvalue weighted by Crippen LogP contribution is -2.37. The van der Waals surface area contributed by atoms with Crippen molar-refractivity contribution < 1.29 is 31.4 Å². The van der Waals surface area contributed by atoms with Gasteiger partial charge in [0.15, 0.2) is 9.84 Å². The van der Waals surface area contributed by atoms with Gasteiger partial charge >= 0.3 is 7.82 Å². The molecule has 0 bridgehead atoms. The molecular formula is C29H61NO6PS+. The van der Waals surface area contributed by atoms with E-state index in [2.05, 4.69) is 6.92 Å². The summed E-state index contributed by atoms with van der Waals surface area (Å²) in [6.07, 6.45) is 21.9. The minimum atomic E-state index is -4.19. The van der Waals surface area contributed by atoms with Crippen LogP contribution in [0.1, 0.15) is 135 Å². The number of rotatable bonds is 24. The highest BCUT2D eigenvalue weighted by atomic mass is 32.2. The molecule has 7 nitrogen and oxygen atoms in total. The molecule has 3 unspecified atom stereocenters. The van der Waals surface area contributed by atoms with E-state index in [9.17, 15) is 17.9 Å². The van der Waals surface area contributed by atoms with Crippen LogP contribution in [0, 0.1) is 0 Å². The van der Waals surface area contributed by atoms with Gasteiger partial charge in [0.05, 0.1) is 38.2 Å². The van der Waals surface area contributed by atoms with Crippen LogP contribution in [0.3, 0.4) is 0 Å².